The zero-order valence-corrected chi connectivity index (χ0v) is 16.1. The first-order valence-electron chi connectivity index (χ1n) is 8.42. The number of aryl methyl sites for hydroxylation is 1. The number of halogens is 1. The first-order chi connectivity index (χ1) is 12.5. The maximum atomic E-state index is 11.7. The second-order valence-electron chi connectivity index (χ2n) is 5.61. The summed E-state index contributed by atoms with van der Waals surface area (Å²) in [5.74, 6) is 1.36. The molecule has 0 aliphatic rings. The molecule has 0 saturated heterocycles. The third-order valence-corrected chi connectivity index (χ3v) is 3.84. The first-order valence-corrected chi connectivity index (χ1v) is 8.79. The zero-order chi connectivity index (χ0) is 19.1. The van der Waals surface area contributed by atoms with Crippen molar-refractivity contribution in [3.63, 3.8) is 0 Å². The molecule has 7 nitrogen and oxygen atoms in total. The molecule has 0 saturated carbocycles. The van der Waals surface area contributed by atoms with Crippen LogP contribution in [-0.4, -0.2) is 29.4 Å². The molecule has 0 bridgehead atoms. The molecule has 0 aliphatic carbocycles. The number of ether oxygens (including phenoxy) is 2. The van der Waals surface area contributed by atoms with E-state index in [1.807, 2.05) is 13.8 Å². The monoisotopic (exact) mass is 378 g/mol. The quantitative estimate of drug-likeness (QED) is 0.540. The van der Waals surface area contributed by atoms with Gasteiger partial charge < -0.3 is 9.47 Å². The van der Waals surface area contributed by atoms with Gasteiger partial charge in [-0.15, -0.1) is 0 Å². The van der Waals surface area contributed by atoms with Crippen molar-refractivity contribution in [2.45, 2.75) is 34.1 Å². The fourth-order valence-corrected chi connectivity index (χ4v) is 2.41. The van der Waals surface area contributed by atoms with E-state index < -0.39 is 0 Å². The third kappa shape index (κ3) is 4.98. The highest BCUT2D eigenvalue weighted by Gasteiger charge is 2.12. The summed E-state index contributed by atoms with van der Waals surface area (Å²) < 4.78 is 11.3. The number of hydrazone groups is 1. The van der Waals surface area contributed by atoms with Gasteiger partial charge in [0.15, 0.2) is 11.5 Å². The minimum absolute atomic E-state index is 0.200. The molecule has 1 heterocycles. The maximum absolute atomic E-state index is 11.7. The van der Waals surface area contributed by atoms with Crippen LogP contribution in [0.3, 0.4) is 0 Å². The summed E-state index contributed by atoms with van der Waals surface area (Å²) >= 11 is 6.31. The largest absolute Gasteiger partial charge is 0.490 e. The Bertz CT molecular complexity index is 849. The predicted octanol–water partition coefficient (Wildman–Crippen LogP) is 3.67. The van der Waals surface area contributed by atoms with Gasteiger partial charge in [0.05, 0.1) is 24.5 Å². The molecule has 2 aromatic rings. The van der Waals surface area contributed by atoms with Crippen LogP contribution in [0.25, 0.3) is 0 Å². The minimum atomic E-state index is -0.200. The van der Waals surface area contributed by atoms with Gasteiger partial charge in [0.2, 0.25) is 5.95 Å². The lowest BCUT2D eigenvalue weighted by Gasteiger charge is -2.13. The summed E-state index contributed by atoms with van der Waals surface area (Å²) in [4.78, 5) is 18.6. The summed E-state index contributed by atoms with van der Waals surface area (Å²) in [5, 5.41) is 4.54. The van der Waals surface area contributed by atoms with Gasteiger partial charge in [0.1, 0.15) is 0 Å². The Labute approximate surface area is 157 Å². The van der Waals surface area contributed by atoms with Crippen LogP contribution in [0, 0.1) is 13.8 Å². The molecule has 0 atom stereocenters. The van der Waals surface area contributed by atoms with E-state index in [0.717, 1.165) is 12.0 Å². The van der Waals surface area contributed by atoms with Crippen molar-refractivity contribution in [3.05, 3.63) is 44.3 Å². The number of nitrogens with zero attached hydrogens (tertiary/aromatic N) is 2. The SMILES string of the molecule is CCCOc1c(Cl)cc(/C=N\Nc2nc(C)c(C)c(=O)[nH]2)cc1OCC. The number of aromatic nitrogens is 2. The van der Waals surface area contributed by atoms with Crippen molar-refractivity contribution in [1.82, 2.24) is 9.97 Å². The number of anilines is 1. The Kier molecular flexibility index (Phi) is 7.03. The van der Waals surface area contributed by atoms with Crippen molar-refractivity contribution in [2.75, 3.05) is 18.6 Å². The van der Waals surface area contributed by atoms with Crippen LogP contribution >= 0.6 is 11.6 Å². The van der Waals surface area contributed by atoms with Gasteiger partial charge in [0, 0.05) is 11.3 Å². The van der Waals surface area contributed by atoms with Crippen LogP contribution in [-0.2, 0) is 0 Å². The second kappa shape index (κ2) is 9.24. The normalized spacial score (nSPS) is 11.0. The number of nitrogens with one attached hydrogen (secondary N) is 2. The van der Waals surface area contributed by atoms with Crippen LogP contribution in [0.2, 0.25) is 5.02 Å². The van der Waals surface area contributed by atoms with Crippen LogP contribution < -0.4 is 20.5 Å². The number of hydrogen-bond acceptors (Lipinski definition) is 6. The number of rotatable bonds is 8. The summed E-state index contributed by atoms with van der Waals surface area (Å²) in [6.45, 7) is 8.44. The Morgan fingerprint density at radius 3 is 2.73 bits per heavy atom. The fraction of sp³-hybridized carbons (Fsp3) is 0.389. The van der Waals surface area contributed by atoms with E-state index in [9.17, 15) is 4.79 Å². The van der Waals surface area contributed by atoms with E-state index in [1.54, 1.807) is 32.2 Å². The van der Waals surface area contributed by atoms with E-state index in [-0.39, 0.29) is 11.5 Å². The van der Waals surface area contributed by atoms with E-state index in [1.165, 1.54) is 0 Å². The van der Waals surface area contributed by atoms with E-state index in [2.05, 4.69) is 20.5 Å². The molecule has 1 aromatic heterocycles. The summed E-state index contributed by atoms with van der Waals surface area (Å²) in [6, 6.07) is 3.53. The standard InChI is InChI=1S/C18H23ClN4O3/c1-5-7-26-16-14(19)8-13(9-15(16)25-6-2)10-20-23-18-21-12(4)11(3)17(24)22-18/h8-10H,5-7H2,1-4H3,(H2,21,22,23,24)/b20-10-. The molecule has 0 fully saturated rings. The van der Waals surface area contributed by atoms with E-state index in [4.69, 9.17) is 21.1 Å². The number of hydrogen-bond donors (Lipinski definition) is 2. The maximum Gasteiger partial charge on any atom is 0.255 e. The van der Waals surface area contributed by atoms with Crippen molar-refractivity contribution < 1.29 is 9.47 Å². The van der Waals surface area contributed by atoms with Crippen molar-refractivity contribution in [2.24, 2.45) is 5.10 Å². The van der Waals surface area contributed by atoms with Gasteiger partial charge in [-0.25, -0.2) is 10.4 Å². The van der Waals surface area contributed by atoms with Gasteiger partial charge in [0.25, 0.3) is 5.56 Å². The highest BCUT2D eigenvalue weighted by molar-refractivity contribution is 6.32. The Morgan fingerprint density at radius 2 is 2.08 bits per heavy atom. The summed E-state index contributed by atoms with van der Waals surface area (Å²) in [5.41, 5.74) is 4.46. The van der Waals surface area contributed by atoms with Crippen molar-refractivity contribution in [1.29, 1.82) is 0 Å². The molecule has 2 N–H and O–H groups in total. The molecular weight excluding hydrogens is 356 g/mol. The molecule has 0 amide bonds. The molecule has 1 aromatic carbocycles. The van der Waals surface area contributed by atoms with Gasteiger partial charge in [-0.2, -0.15) is 5.10 Å². The lowest BCUT2D eigenvalue weighted by atomic mass is 10.2. The summed E-state index contributed by atoms with van der Waals surface area (Å²) in [7, 11) is 0. The van der Waals surface area contributed by atoms with Gasteiger partial charge in [-0.1, -0.05) is 18.5 Å². The fourth-order valence-electron chi connectivity index (χ4n) is 2.14. The van der Waals surface area contributed by atoms with Crippen molar-refractivity contribution in [3.8, 4) is 11.5 Å². The molecule has 140 valence electrons. The van der Waals surface area contributed by atoms with E-state index in [0.29, 0.717) is 41.0 Å². The molecule has 2 rings (SSSR count). The average molecular weight is 379 g/mol. The Balaban J connectivity index is 2.20. The van der Waals surface area contributed by atoms with Crippen LogP contribution in [0.4, 0.5) is 5.95 Å². The highest BCUT2D eigenvalue weighted by Crippen LogP contribution is 2.36. The molecule has 8 heteroatoms. The zero-order valence-electron chi connectivity index (χ0n) is 15.4. The molecule has 0 unspecified atom stereocenters. The van der Waals surface area contributed by atoms with Gasteiger partial charge in [-0.3, -0.25) is 9.78 Å². The predicted molar refractivity (Wildman–Crippen MR) is 104 cm³/mol. The second-order valence-corrected chi connectivity index (χ2v) is 6.01. The molecule has 26 heavy (non-hydrogen) atoms. The highest BCUT2D eigenvalue weighted by atomic mass is 35.5. The average Bonchev–Trinajstić information content (AvgIpc) is 2.59. The number of aromatic amines is 1. The third-order valence-electron chi connectivity index (χ3n) is 3.56. The Hall–Kier alpha value is -2.54. The number of H-pyrrole nitrogens is 1. The van der Waals surface area contributed by atoms with Crippen LogP contribution in [0.1, 0.15) is 37.1 Å². The molecule has 0 aliphatic heterocycles. The molecule has 0 radical (unpaired) electrons. The van der Waals surface area contributed by atoms with Crippen LogP contribution in [0.5, 0.6) is 11.5 Å². The number of benzene rings is 1. The van der Waals surface area contributed by atoms with Gasteiger partial charge in [-0.05, 0) is 44.9 Å². The van der Waals surface area contributed by atoms with Crippen molar-refractivity contribution >= 4 is 23.8 Å². The summed E-state index contributed by atoms with van der Waals surface area (Å²) in [6.07, 6.45) is 2.43. The van der Waals surface area contributed by atoms with E-state index >= 15 is 0 Å². The topological polar surface area (TPSA) is 88.6 Å². The lowest BCUT2D eigenvalue weighted by Crippen LogP contribution is -2.15. The van der Waals surface area contributed by atoms with Crippen LogP contribution in [0.15, 0.2) is 22.0 Å². The molecule has 0 spiro atoms. The first kappa shape index (κ1) is 19.8. The minimum Gasteiger partial charge on any atom is -0.490 e. The van der Waals surface area contributed by atoms with Gasteiger partial charge >= 0.3 is 0 Å². The molecular formula is C18H23ClN4O3. The Morgan fingerprint density at radius 1 is 1.31 bits per heavy atom. The smallest absolute Gasteiger partial charge is 0.255 e. The lowest BCUT2D eigenvalue weighted by molar-refractivity contribution is 0.277.